The Morgan fingerprint density at radius 3 is 2.58 bits per heavy atom. The second-order valence-corrected chi connectivity index (χ2v) is 5.52. The van der Waals surface area contributed by atoms with Gasteiger partial charge in [-0.3, -0.25) is 14.8 Å². The summed E-state index contributed by atoms with van der Waals surface area (Å²) in [6.07, 6.45) is 7.95. The van der Waals surface area contributed by atoms with Crippen LogP contribution in [0.1, 0.15) is 16.1 Å². The van der Waals surface area contributed by atoms with E-state index in [9.17, 15) is 10.0 Å². The fraction of sp³-hybridized carbons (Fsp3) is 0. The van der Waals surface area contributed by atoms with E-state index in [1.54, 1.807) is 18.3 Å². The molecule has 0 unspecified atom stereocenters. The molecule has 7 nitrogen and oxygen atoms in total. The highest BCUT2D eigenvalue weighted by Gasteiger charge is 2.18. The van der Waals surface area contributed by atoms with Crippen LogP contribution >= 0.6 is 0 Å². The van der Waals surface area contributed by atoms with Crippen LogP contribution in [0.3, 0.4) is 0 Å². The van der Waals surface area contributed by atoms with E-state index in [1.165, 1.54) is 18.6 Å². The van der Waals surface area contributed by atoms with E-state index in [1.807, 2.05) is 41.1 Å². The van der Waals surface area contributed by atoms with Gasteiger partial charge in [0.05, 0.1) is 6.20 Å². The van der Waals surface area contributed by atoms with Gasteiger partial charge in [0.1, 0.15) is 11.3 Å². The van der Waals surface area contributed by atoms with E-state index in [0.717, 1.165) is 16.7 Å². The molecule has 0 bridgehead atoms. The van der Waals surface area contributed by atoms with Gasteiger partial charge < -0.3 is 9.77 Å². The van der Waals surface area contributed by atoms with Crippen LogP contribution in [0.25, 0.3) is 16.7 Å². The van der Waals surface area contributed by atoms with Crippen molar-refractivity contribution >= 4 is 22.5 Å². The maximum absolute atomic E-state index is 12.6. The van der Waals surface area contributed by atoms with E-state index in [2.05, 4.69) is 20.1 Å². The molecule has 7 heteroatoms. The SMILES string of the molecule is O=C(/C(=N\O)c1cnccn1)c1ccc(-n2ccc3cccnc32)cc1. The lowest BCUT2D eigenvalue weighted by molar-refractivity contribution is 0.106. The minimum absolute atomic E-state index is 0.154. The van der Waals surface area contributed by atoms with E-state index < -0.39 is 5.78 Å². The lowest BCUT2D eigenvalue weighted by Crippen LogP contribution is -2.17. The summed E-state index contributed by atoms with van der Waals surface area (Å²) in [6, 6.07) is 12.8. The zero-order valence-corrected chi connectivity index (χ0v) is 13.5. The van der Waals surface area contributed by atoms with Gasteiger partial charge in [-0.05, 0) is 42.5 Å². The van der Waals surface area contributed by atoms with Gasteiger partial charge in [0.15, 0.2) is 5.71 Å². The number of rotatable bonds is 4. The summed E-state index contributed by atoms with van der Waals surface area (Å²) in [6.45, 7) is 0. The number of oxime groups is 1. The van der Waals surface area contributed by atoms with Crippen LogP contribution in [-0.4, -0.2) is 36.2 Å². The molecule has 0 fully saturated rings. The summed E-state index contributed by atoms with van der Waals surface area (Å²) in [5.74, 6) is -0.435. The number of Topliss-reactive ketones (excluding diaryl/α,β-unsaturated/α-hetero) is 1. The number of hydrogen-bond donors (Lipinski definition) is 1. The quantitative estimate of drug-likeness (QED) is 0.266. The number of fused-ring (bicyclic) bond motifs is 1. The molecule has 1 N–H and O–H groups in total. The summed E-state index contributed by atoms with van der Waals surface area (Å²) in [4.78, 5) is 24.9. The molecule has 0 amide bonds. The van der Waals surface area contributed by atoms with Crippen molar-refractivity contribution in [2.45, 2.75) is 0 Å². The number of ketones is 1. The molecule has 26 heavy (non-hydrogen) atoms. The van der Waals surface area contributed by atoms with Crippen molar-refractivity contribution < 1.29 is 10.0 Å². The van der Waals surface area contributed by atoms with Gasteiger partial charge in [0.2, 0.25) is 5.78 Å². The minimum Gasteiger partial charge on any atom is -0.410 e. The summed E-state index contributed by atoms with van der Waals surface area (Å²) >= 11 is 0. The lowest BCUT2D eigenvalue weighted by Gasteiger charge is -2.07. The average molecular weight is 343 g/mol. The van der Waals surface area contributed by atoms with Crippen LogP contribution in [0.2, 0.25) is 0 Å². The highest BCUT2D eigenvalue weighted by molar-refractivity contribution is 6.50. The Balaban J connectivity index is 1.66. The van der Waals surface area contributed by atoms with Crippen LogP contribution in [0, 0.1) is 0 Å². The number of hydrogen-bond acceptors (Lipinski definition) is 6. The zero-order chi connectivity index (χ0) is 17.9. The van der Waals surface area contributed by atoms with Crippen LogP contribution in [0.15, 0.2) is 78.6 Å². The minimum atomic E-state index is -0.435. The molecule has 4 aromatic rings. The van der Waals surface area contributed by atoms with Crippen molar-refractivity contribution in [3.05, 3.63) is 84.7 Å². The van der Waals surface area contributed by atoms with Gasteiger partial charge in [-0.15, -0.1) is 0 Å². The third kappa shape index (κ3) is 2.71. The van der Waals surface area contributed by atoms with Crippen molar-refractivity contribution in [3.63, 3.8) is 0 Å². The first-order valence-corrected chi connectivity index (χ1v) is 7.83. The number of carbonyl (C=O) groups is 1. The van der Waals surface area contributed by atoms with Crippen LogP contribution < -0.4 is 0 Å². The smallest absolute Gasteiger partial charge is 0.217 e. The van der Waals surface area contributed by atoms with Crippen molar-refractivity contribution in [2.24, 2.45) is 5.16 Å². The highest BCUT2D eigenvalue weighted by atomic mass is 16.4. The van der Waals surface area contributed by atoms with Crippen LogP contribution in [0.4, 0.5) is 0 Å². The molecule has 0 spiro atoms. The van der Waals surface area contributed by atoms with Crippen molar-refractivity contribution in [3.8, 4) is 5.69 Å². The first-order valence-electron chi connectivity index (χ1n) is 7.83. The van der Waals surface area contributed by atoms with Gasteiger partial charge in [-0.25, -0.2) is 4.98 Å². The molecule has 1 aromatic carbocycles. The summed E-state index contributed by atoms with van der Waals surface area (Å²) < 4.78 is 1.94. The van der Waals surface area contributed by atoms with Crippen molar-refractivity contribution in [2.75, 3.05) is 0 Å². The predicted octanol–water partition coefficient (Wildman–Crippen LogP) is 2.88. The lowest BCUT2D eigenvalue weighted by atomic mass is 10.0. The maximum atomic E-state index is 12.6. The van der Waals surface area contributed by atoms with Gasteiger partial charge in [0, 0.05) is 41.4 Å². The van der Waals surface area contributed by atoms with Crippen LogP contribution in [-0.2, 0) is 0 Å². The van der Waals surface area contributed by atoms with Crippen molar-refractivity contribution in [1.82, 2.24) is 19.5 Å². The summed E-state index contributed by atoms with van der Waals surface area (Å²) in [7, 11) is 0. The molecule has 126 valence electrons. The second kappa shape index (κ2) is 6.56. The monoisotopic (exact) mass is 343 g/mol. The predicted molar refractivity (Wildman–Crippen MR) is 95.8 cm³/mol. The first-order chi connectivity index (χ1) is 12.8. The Morgan fingerprint density at radius 1 is 1.00 bits per heavy atom. The molecule has 0 saturated heterocycles. The normalized spacial score (nSPS) is 11.6. The molecule has 0 atom stereocenters. The molecule has 0 aliphatic rings. The fourth-order valence-corrected chi connectivity index (χ4v) is 2.72. The largest absolute Gasteiger partial charge is 0.410 e. The number of nitrogens with zero attached hydrogens (tertiary/aromatic N) is 5. The van der Waals surface area contributed by atoms with E-state index in [0.29, 0.717) is 5.56 Å². The Bertz CT molecular complexity index is 1100. The first kappa shape index (κ1) is 15.6. The molecular weight excluding hydrogens is 330 g/mol. The number of pyridine rings is 1. The van der Waals surface area contributed by atoms with Crippen LogP contribution in [0.5, 0.6) is 0 Å². The number of aromatic nitrogens is 4. The maximum Gasteiger partial charge on any atom is 0.217 e. The standard InChI is InChI=1S/C19H13N5O2/c25-18(17(23-26)16-12-20-9-10-21-16)13-3-5-15(6-4-13)24-11-7-14-2-1-8-22-19(14)24/h1-12,26H/b23-17-. The molecule has 4 rings (SSSR count). The molecule has 0 aliphatic heterocycles. The van der Waals surface area contributed by atoms with Gasteiger partial charge in [-0.1, -0.05) is 5.16 Å². The number of benzene rings is 1. The second-order valence-electron chi connectivity index (χ2n) is 5.52. The summed E-state index contributed by atoms with van der Waals surface area (Å²) in [5, 5.41) is 13.4. The molecular formula is C19H13N5O2. The molecule has 0 saturated carbocycles. The van der Waals surface area contributed by atoms with E-state index in [4.69, 9.17) is 0 Å². The van der Waals surface area contributed by atoms with Crippen molar-refractivity contribution in [1.29, 1.82) is 0 Å². The number of carbonyl (C=O) groups excluding carboxylic acids is 1. The average Bonchev–Trinajstić information content (AvgIpc) is 3.13. The molecule has 0 radical (unpaired) electrons. The third-order valence-electron chi connectivity index (χ3n) is 3.98. The zero-order valence-electron chi connectivity index (χ0n) is 13.5. The van der Waals surface area contributed by atoms with Gasteiger partial charge in [-0.2, -0.15) is 0 Å². The highest BCUT2D eigenvalue weighted by Crippen LogP contribution is 2.19. The molecule has 3 aromatic heterocycles. The van der Waals surface area contributed by atoms with Gasteiger partial charge in [0.25, 0.3) is 0 Å². The Kier molecular flexibility index (Phi) is 3.95. The van der Waals surface area contributed by atoms with Gasteiger partial charge >= 0.3 is 0 Å². The van der Waals surface area contributed by atoms with E-state index >= 15 is 0 Å². The molecule has 3 heterocycles. The Hall–Kier alpha value is -3.87. The fourth-order valence-electron chi connectivity index (χ4n) is 2.72. The topological polar surface area (TPSA) is 93.3 Å². The third-order valence-corrected chi connectivity index (χ3v) is 3.98. The summed E-state index contributed by atoms with van der Waals surface area (Å²) in [5.41, 5.74) is 2.15. The molecule has 0 aliphatic carbocycles. The Morgan fingerprint density at radius 2 is 1.85 bits per heavy atom. The Labute approximate surface area is 148 Å². The van der Waals surface area contributed by atoms with E-state index in [-0.39, 0.29) is 11.4 Å².